The Bertz CT molecular complexity index is 726. The number of carbonyl (C=O) groups excluding carboxylic acids is 1. The summed E-state index contributed by atoms with van der Waals surface area (Å²) in [5, 5.41) is 6.43. The van der Waals surface area contributed by atoms with Gasteiger partial charge in [-0.05, 0) is 48.1 Å². The van der Waals surface area contributed by atoms with Crippen LogP contribution in [-0.2, 0) is 5.41 Å². The number of benzene rings is 1. The average molecular weight is 337 g/mol. The fraction of sp³-hybridized carbons (Fsp3) is 0.429. The third kappa shape index (κ3) is 4.59. The highest BCUT2D eigenvalue weighted by atomic mass is 16.1. The zero-order valence-electron chi connectivity index (χ0n) is 15.3. The van der Waals surface area contributed by atoms with Gasteiger partial charge in [-0.2, -0.15) is 0 Å². The standard InChI is InChI=1S/C21H27N3O/c1-21(2,3)15-8-10-17(11-9-15)23-18-12-13-22-19(14-18)20(25)24-16-6-4-5-7-16/h8-14,16H,4-7H2,1-3H3,(H,22,23)(H,24,25). The molecule has 0 spiro atoms. The molecule has 1 aliphatic rings. The lowest BCUT2D eigenvalue weighted by Crippen LogP contribution is -2.33. The molecular weight excluding hydrogens is 310 g/mol. The Morgan fingerprint density at radius 3 is 2.36 bits per heavy atom. The molecule has 1 amide bonds. The molecule has 1 saturated carbocycles. The molecule has 4 heteroatoms. The Morgan fingerprint density at radius 1 is 1.04 bits per heavy atom. The summed E-state index contributed by atoms with van der Waals surface area (Å²) >= 11 is 0. The first-order chi connectivity index (χ1) is 11.9. The van der Waals surface area contributed by atoms with E-state index in [1.165, 1.54) is 18.4 Å². The first kappa shape index (κ1) is 17.5. The first-order valence-electron chi connectivity index (χ1n) is 9.06. The van der Waals surface area contributed by atoms with Gasteiger partial charge in [-0.1, -0.05) is 45.7 Å². The van der Waals surface area contributed by atoms with E-state index in [-0.39, 0.29) is 11.3 Å². The highest BCUT2D eigenvalue weighted by Crippen LogP contribution is 2.25. The Labute approximate surface area is 150 Å². The minimum Gasteiger partial charge on any atom is -0.355 e. The largest absolute Gasteiger partial charge is 0.355 e. The third-order valence-electron chi connectivity index (χ3n) is 4.72. The Kier molecular flexibility index (Phi) is 5.07. The number of carbonyl (C=O) groups is 1. The van der Waals surface area contributed by atoms with E-state index >= 15 is 0 Å². The number of anilines is 2. The van der Waals surface area contributed by atoms with Crippen molar-refractivity contribution >= 4 is 17.3 Å². The van der Waals surface area contributed by atoms with Crippen LogP contribution in [0.15, 0.2) is 42.6 Å². The number of hydrogen-bond acceptors (Lipinski definition) is 3. The highest BCUT2D eigenvalue weighted by molar-refractivity contribution is 5.93. The lowest BCUT2D eigenvalue weighted by molar-refractivity contribution is 0.0933. The van der Waals surface area contributed by atoms with Crippen LogP contribution in [0.1, 0.15) is 62.5 Å². The van der Waals surface area contributed by atoms with Crippen molar-refractivity contribution in [1.29, 1.82) is 0 Å². The van der Waals surface area contributed by atoms with Crippen molar-refractivity contribution in [3.8, 4) is 0 Å². The predicted octanol–water partition coefficient (Wildman–Crippen LogP) is 4.80. The number of rotatable bonds is 4. The molecule has 2 N–H and O–H groups in total. The van der Waals surface area contributed by atoms with E-state index in [1.807, 2.05) is 12.1 Å². The molecule has 1 heterocycles. The number of pyridine rings is 1. The van der Waals surface area contributed by atoms with Crippen molar-refractivity contribution in [3.63, 3.8) is 0 Å². The van der Waals surface area contributed by atoms with Crippen molar-refractivity contribution in [2.75, 3.05) is 5.32 Å². The summed E-state index contributed by atoms with van der Waals surface area (Å²) in [4.78, 5) is 16.6. The number of aromatic nitrogens is 1. The van der Waals surface area contributed by atoms with Gasteiger partial charge in [0.25, 0.3) is 5.91 Å². The van der Waals surface area contributed by atoms with Gasteiger partial charge in [0.15, 0.2) is 0 Å². The minimum atomic E-state index is -0.0846. The van der Waals surface area contributed by atoms with Crippen LogP contribution in [-0.4, -0.2) is 16.9 Å². The SMILES string of the molecule is CC(C)(C)c1ccc(Nc2ccnc(C(=O)NC3CCCC3)c2)cc1. The molecule has 25 heavy (non-hydrogen) atoms. The molecule has 1 aromatic heterocycles. The van der Waals surface area contributed by atoms with Gasteiger partial charge in [0, 0.05) is 23.6 Å². The van der Waals surface area contributed by atoms with E-state index in [1.54, 1.807) is 6.20 Å². The monoisotopic (exact) mass is 337 g/mol. The Morgan fingerprint density at radius 2 is 1.72 bits per heavy atom. The lowest BCUT2D eigenvalue weighted by Gasteiger charge is -2.19. The molecule has 132 valence electrons. The Balaban J connectivity index is 1.68. The van der Waals surface area contributed by atoms with E-state index in [9.17, 15) is 4.79 Å². The number of hydrogen-bond donors (Lipinski definition) is 2. The highest BCUT2D eigenvalue weighted by Gasteiger charge is 2.18. The van der Waals surface area contributed by atoms with E-state index in [0.29, 0.717) is 11.7 Å². The zero-order chi connectivity index (χ0) is 17.9. The molecule has 4 nitrogen and oxygen atoms in total. The molecule has 0 unspecified atom stereocenters. The molecule has 0 aliphatic heterocycles. The fourth-order valence-corrected chi connectivity index (χ4v) is 3.18. The summed E-state index contributed by atoms with van der Waals surface area (Å²) in [7, 11) is 0. The predicted molar refractivity (Wildman–Crippen MR) is 102 cm³/mol. The van der Waals surface area contributed by atoms with Crippen LogP contribution < -0.4 is 10.6 Å². The molecule has 0 atom stereocenters. The van der Waals surface area contributed by atoms with Crippen molar-refractivity contribution in [2.24, 2.45) is 0 Å². The van der Waals surface area contributed by atoms with Crippen molar-refractivity contribution in [1.82, 2.24) is 10.3 Å². The topological polar surface area (TPSA) is 54.0 Å². The molecule has 3 rings (SSSR count). The summed E-state index contributed by atoms with van der Waals surface area (Å²) in [6.07, 6.45) is 6.22. The van der Waals surface area contributed by atoms with E-state index < -0.39 is 0 Å². The zero-order valence-corrected chi connectivity index (χ0v) is 15.3. The fourth-order valence-electron chi connectivity index (χ4n) is 3.18. The van der Waals surface area contributed by atoms with Gasteiger partial charge in [0.1, 0.15) is 5.69 Å². The van der Waals surface area contributed by atoms with E-state index in [2.05, 4.69) is 60.7 Å². The van der Waals surface area contributed by atoms with Gasteiger partial charge >= 0.3 is 0 Å². The summed E-state index contributed by atoms with van der Waals surface area (Å²) in [5.74, 6) is -0.0846. The number of amides is 1. The van der Waals surface area contributed by atoms with E-state index in [4.69, 9.17) is 0 Å². The maximum Gasteiger partial charge on any atom is 0.270 e. The molecule has 1 fully saturated rings. The molecular formula is C21H27N3O. The quantitative estimate of drug-likeness (QED) is 0.843. The van der Waals surface area contributed by atoms with Crippen LogP contribution in [0.3, 0.4) is 0 Å². The van der Waals surface area contributed by atoms with Crippen LogP contribution in [0.4, 0.5) is 11.4 Å². The summed E-state index contributed by atoms with van der Waals surface area (Å²) in [6.45, 7) is 6.61. The maximum absolute atomic E-state index is 12.4. The maximum atomic E-state index is 12.4. The van der Waals surface area contributed by atoms with Crippen LogP contribution in [0.2, 0.25) is 0 Å². The van der Waals surface area contributed by atoms with E-state index in [0.717, 1.165) is 24.2 Å². The van der Waals surface area contributed by atoms with Crippen molar-refractivity contribution < 1.29 is 4.79 Å². The van der Waals surface area contributed by atoms with Gasteiger partial charge in [-0.15, -0.1) is 0 Å². The van der Waals surface area contributed by atoms with Crippen LogP contribution >= 0.6 is 0 Å². The van der Waals surface area contributed by atoms with Crippen molar-refractivity contribution in [3.05, 3.63) is 53.9 Å². The average Bonchev–Trinajstić information content (AvgIpc) is 3.08. The van der Waals surface area contributed by atoms with Crippen LogP contribution in [0.5, 0.6) is 0 Å². The van der Waals surface area contributed by atoms with Gasteiger partial charge in [-0.3, -0.25) is 9.78 Å². The van der Waals surface area contributed by atoms with Gasteiger partial charge < -0.3 is 10.6 Å². The molecule has 0 saturated heterocycles. The summed E-state index contributed by atoms with van der Waals surface area (Å²) < 4.78 is 0. The lowest BCUT2D eigenvalue weighted by atomic mass is 9.87. The van der Waals surface area contributed by atoms with Gasteiger partial charge in [-0.25, -0.2) is 0 Å². The minimum absolute atomic E-state index is 0.0846. The third-order valence-corrected chi connectivity index (χ3v) is 4.72. The Hall–Kier alpha value is -2.36. The van der Waals surface area contributed by atoms with Gasteiger partial charge in [0.05, 0.1) is 0 Å². The first-order valence-corrected chi connectivity index (χ1v) is 9.06. The van der Waals surface area contributed by atoms with Crippen LogP contribution in [0.25, 0.3) is 0 Å². The normalized spacial score (nSPS) is 15.2. The molecule has 0 bridgehead atoms. The van der Waals surface area contributed by atoms with Crippen LogP contribution in [0, 0.1) is 0 Å². The molecule has 1 aromatic carbocycles. The van der Waals surface area contributed by atoms with Crippen molar-refractivity contribution in [2.45, 2.75) is 57.9 Å². The summed E-state index contributed by atoms with van der Waals surface area (Å²) in [5.41, 5.74) is 3.77. The second-order valence-electron chi connectivity index (χ2n) is 7.84. The second kappa shape index (κ2) is 7.26. The molecule has 0 radical (unpaired) electrons. The van der Waals surface area contributed by atoms with Gasteiger partial charge in [0.2, 0.25) is 0 Å². The number of nitrogens with zero attached hydrogens (tertiary/aromatic N) is 1. The second-order valence-corrected chi connectivity index (χ2v) is 7.84. The molecule has 2 aromatic rings. The summed E-state index contributed by atoms with van der Waals surface area (Å²) in [6, 6.07) is 12.4. The molecule has 1 aliphatic carbocycles. The number of nitrogens with one attached hydrogen (secondary N) is 2. The smallest absolute Gasteiger partial charge is 0.270 e.